The van der Waals surface area contributed by atoms with Crippen LogP contribution in [0, 0.1) is 0 Å². The number of hydrogen-bond donors (Lipinski definition) is 0. The lowest BCUT2D eigenvalue weighted by molar-refractivity contribution is -0.167. The Kier molecular flexibility index (Phi) is 60.4. The van der Waals surface area contributed by atoms with Crippen molar-refractivity contribution in [2.75, 3.05) is 13.2 Å². The average molecular weight is 1070 g/mol. The predicted octanol–water partition coefficient (Wildman–Crippen LogP) is 21.8. The van der Waals surface area contributed by atoms with Crippen molar-refractivity contribution in [2.24, 2.45) is 0 Å². The van der Waals surface area contributed by atoms with Gasteiger partial charge >= 0.3 is 17.9 Å². The fraction of sp³-hybridized carbons (Fsp3) is 0.648. The first-order valence-corrected chi connectivity index (χ1v) is 31.7. The standard InChI is InChI=1S/C71H116O6/c1-4-7-10-13-16-19-22-25-28-30-32-33-34-35-36-37-39-40-43-46-49-52-55-58-61-64-70(73)76-67-68(66-75-69(72)63-60-57-54-51-48-45-42-27-24-21-18-15-12-9-6-3)77-71(74)65-62-59-56-53-50-47-44-41-38-31-29-26-23-20-17-14-11-8-5-2/h7-8,10-11,16-17,19-20,25-29,32-33,35-36,38-42,68H,4-6,9,12-15,18,21-24,30-31,34,37,43-67H2,1-3H3/b10-7-,11-8-,19-16-,20-17-,28-25-,29-26-,33-32-,36-35-,40-39-,41-38-,42-27-. The Morgan fingerprint density at radius 3 is 0.805 bits per heavy atom. The minimum Gasteiger partial charge on any atom is -0.462 e. The summed E-state index contributed by atoms with van der Waals surface area (Å²) in [7, 11) is 0. The van der Waals surface area contributed by atoms with Crippen LogP contribution in [0.25, 0.3) is 0 Å². The van der Waals surface area contributed by atoms with Crippen LogP contribution >= 0.6 is 0 Å². The van der Waals surface area contributed by atoms with Gasteiger partial charge in [0.25, 0.3) is 0 Å². The molecule has 6 nitrogen and oxygen atoms in total. The zero-order chi connectivity index (χ0) is 55.7. The molecule has 0 spiro atoms. The summed E-state index contributed by atoms with van der Waals surface area (Å²) in [5.74, 6) is -0.931. The first-order valence-electron chi connectivity index (χ1n) is 31.7. The largest absolute Gasteiger partial charge is 0.462 e. The Morgan fingerprint density at radius 2 is 0.506 bits per heavy atom. The topological polar surface area (TPSA) is 78.9 Å². The lowest BCUT2D eigenvalue weighted by Crippen LogP contribution is -2.30. The van der Waals surface area contributed by atoms with Crippen LogP contribution in [0.3, 0.4) is 0 Å². The molecule has 0 saturated heterocycles. The highest BCUT2D eigenvalue weighted by Gasteiger charge is 2.19. The van der Waals surface area contributed by atoms with Gasteiger partial charge in [-0.25, -0.2) is 0 Å². The van der Waals surface area contributed by atoms with Gasteiger partial charge in [0.15, 0.2) is 6.10 Å². The van der Waals surface area contributed by atoms with Crippen LogP contribution in [0.15, 0.2) is 134 Å². The number of carbonyl (C=O) groups excluding carboxylic acids is 3. The van der Waals surface area contributed by atoms with Gasteiger partial charge in [-0.2, -0.15) is 0 Å². The number of carbonyl (C=O) groups is 3. The average Bonchev–Trinajstić information content (AvgIpc) is 3.43. The Morgan fingerprint density at radius 1 is 0.273 bits per heavy atom. The van der Waals surface area contributed by atoms with Gasteiger partial charge in [-0.15, -0.1) is 0 Å². The number of rotatable bonds is 56. The summed E-state index contributed by atoms with van der Waals surface area (Å²) in [5.41, 5.74) is 0. The van der Waals surface area contributed by atoms with E-state index < -0.39 is 6.10 Å². The predicted molar refractivity (Wildman–Crippen MR) is 334 cm³/mol. The van der Waals surface area contributed by atoms with E-state index in [0.717, 1.165) is 161 Å². The van der Waals surface area contributed by atoms with Gasteiger partial charge < -0.3 is 14.2 Å². The molecule has 0 bridgehead atoms. The first-order chi connectivity index (χ1) is 38.0. The molecule has 0 amide bonds. The number of esters is 3. The summed E-state index contributed by atoms with van der Waals surface area (Å²) in [6.07, 6.45) is 90.1. The molecule has 0 aliphatic rings. The van der Waals surface area contributed by atoms with Gasteiger partial charge in [-0.05, 0) is 135 Å². The van der Waals surface area contributed by atoms with Crippen molar-refractivity contribution in [1.29, 1.82) is 0 Å². The third-order valence-electron chi connectivity index (χ3n) is 13.1. The first kappa shape index (κ1) is 72.5. The molecule has 1 unspecified atom stereocenters. The molecule has 0 aliphatic carbocycles. The highest BCUT2D eigenvalue weighted by Crippen LogP contribution is 2.14. The molecule has 436 valence electrons. The molecular formula is C71H116O6. The van der Waals surface area contributed by atoms with Gasteiger partial charge in [0.2, 0.25) is 0 Å². The number of unbranched alkanes of at least 4 members (excludes halogenated alkanes) is 23. The second-order valence-electron chi connectivity index (χ2n) is 20.5. The maximum absolute atomic E-state index is 12.9. The second-order valence-corrected chi connectivity index (χ2v) is 20.5. The SMILES string of the molecule is CC/C=C\C/C=C\C/C=C\C/C=C\C/C=C\C/C=C\CCCCCCCCC(=O)OCC(COC(=O)CCCCCCC/C=C\CCCCCCCC)OC(=O)CCCCCCCC/C=C\C/C=C\C/C=C\C/C=C\CC. The zero-order valence-electron chi connectivity index (χ0n) is 49.9. The lowest BCUT2D eigenvalue weighted by Gasteiger charge is -2.18. The van der Waals surface area contributed by atoms with Crippen LogP contribution in [0.1, 0.15) is 278 Å². The third-order valence-corrected chi connectivity index (χ3v) is 13.1. The maximum atomic E-state index is 12.9. The van der Waals surface area contributed by atoms with E-state index >= 15 is 0 Å². The molecule has 0 saturated carbocycles. The molecule has 0 aromatic rings. The molecular weight excluding hydrogens is 949 g/mol. The van der Waals surface area contributed by atoms with Crippen LogP contribution in [0.2, 0.25) is 0 Å². The van der Waals surface area contributed by atoms with Crippen LogP contribution in [0.4, 0.5) is 0 Å². The fourth-order valence-electron chi connectivity index (χ4n) is 8.43. The Labute approximate surface area is 475 Å². The molecule has 0 aromatic heterocycles. The molecule has 0 aliphatic heterocycles. The number of ether oxygens (including phenoxy) is 3. The van der Waals surface area contributed by atoms with Gasteiger partial charge in [-0.1, -0.05) is 257 Å². The zero-order valence-corrected chi connectivity index (χ0v) is 49.9. The van der Waals surface area contributed by atoms with Gasteiger partial charge in [-0.3, -0.25) is 14.4 Å². The van der Waals surface area contributed by atoms with Crippen LogP contribution in [0.5, 0.6) is 0 Å². The van der Waals surface area contributed by atoms with Crippen molar-refractivity contribution in [3.63, 3.8) is 0 Å². The number of hydrogen-bond acceptors (Lipinski definition) is 6. The molecule has 0 N–H and O–H groups in total. The highest BCUT2D eigenvalue weighted by atomic mass is 16.6. The summed E-state index contributed by atoms with van der Waals surface area (Å²) < 4.78 is 16.9. The summed E-state index contributed by atoms with van der Waals surface area (Å²) >= 11 is 0. The molecule has 0 heterocycles. The molecule has 0 rings (SSSR count). The summed E-state index contributed by atoms with van der Waals surface area (Å²) in [4.78, 5) is 38.3. The lowest BCUT2D eigenvalue weighted by atomic mass is 10.1. The molecule has 0 aromatic carbocycles. The van der Waals surface area contributed by atoms with Crippen molar-refractivity contribution in [2.45, 2.75) is 284 Å². The fourth-order valence-corrected chi connectivity index (χ4v) is 8.43. The normalized spacial score (nSPS) is 13.0. The van der Waals surface area contributed by atoms with Gasteiger partial charge in [0.1, 0.15) is 13.2 Å². The minimum absolute atomic E-state index is 0.0965. The van der Waals surface area contributed by atoms with Crippen molar-refractivity contribution < 1.29 is 28.6 Å². The molecule has 6 heteroatoms. The summed E-state index contributed by atoms with van der Waals surface area (Å²) in [5, 5.41) is 0. The van der Waals surface area contributed by atoms with E-state index in [1.54, 1.807) is 0 Å². The summed E-state index contributed by atoms with van der Waals surface area (Å²) in [6, 6.07) is 0. The van der Waals surface area contributed by atoms with E-state index in [1.165, 1.54) is 77.0 Å². The van der Waals surface area contributed by atoms with E-state index in [2.05, 4.69) is 154 Å². The molecule has 0 radical (unpaired) electrons. The maximum Gasteiger partial charge on any atom is 0.306 e. The van der Waals surface area contributed by atoms with E-state index in [1.807, 2.05) is 0 Å². The molecule has 0 fully saturated rings. The Bertz CT molecular complexity index is 1650. The monoisotopic (exact) mass is 1060 g/mol. The van der Waals surface area contributed by atoms with Crippen molar-refractivity contribution in [1.82, 2.24) is 0 Å². The van der Waals surface area contributed by atoms with E-state index in [-0.39, 0.29) is 31.1 Å². The van der Waals surface area contributed by atoms with Crippen LogP contribution in [-0.2, 0) is 28.6 Å². The van der Waals surface area contributed by atoms with Crippen LogP contribution < -0.4 is 0 Å². The summed E-state index contributed by atoms with van der Waals surface area (Å²) in [6.45, 7) is 6.38. The smallest absolute Gasteiger partial charge is 0.306 e. The van der Waals surface area contributed by atoms with E-state index in [9.17, 15) is 14.4 Å². The van der Waals surface area contributed by atoms with E-state index in [4.69, 9.17) is 14.2 Å². The van der Waals surface area contributed by atoms with Gasteiger partial charge in [0.05, 0.1) is 0 Å². The Hall–Kier alpha value is -4.45. The van der Waals surface area contributed by atoms with Gasteiger partial charge in [0, 0.05) is 19.3 Å². The molecule has 1 atom stereocenters. The minimum atomic E-state index is -0.802. The Balaban J connectivity index is 4.45. The highest BCUT2D eigenvalue weighted by molar-refractivity contribution is 5.71. The third kappa shape index (κ3) is 62.3. The van der Waals surface area contributed by atoms with Crippen molar-refractivity contribution in [3.8, 4) is 0 Å². The molecule has 77 heavy (non-hydrogen) atoms. The van der Waals surface area contributed by atoms with Crippen LogP contribution in [-0.4, -0.2) is 37.2 Å². The van der Waals surface area contributed by atoms with Crippen molar-refractivity contribution in [3.05, 3.63) is 134 Å². The number of allylic oxidation sites excluding steroid dienone is 22. The quantitative estimate of drug-likeness (QED) is 0.0261. The van der Waals surface area contributed by atoms with E-state index in [0.29, 0.717) is 19.3 Å². The second kappa shape index (κ2) is 64.1. The van der Waals surface area contributed by atoms with Crippen molar-refractivity contribution >= 4 is 17.9 Å².